The number of rotatable bonds is 3. The van der Waals surface area contributed by atoms with E-state index in [9.17, 15) is 0 Å². The Labute approximate surface area is 70.7 Å². The number of hydrogen-bond donors (Lipinski definition) is 0. The minimum absolute atomic E-state index is 0.601. The third kappa shape index (κ3) is 2.08. The average molecular weight is 152 g/mol. The van der Waals surface area contributed by atoms with Crippen LogP contribution in [0.3, 0.4) is 0 Å². The van der Waals surface area contributed by atoms with E-state index in [0.717, 1.165) is 5.92 Å². The lowest BCUT2D eigenvalue weighted by Gasteiger charge is -2.43. The van der Waals surface area contributed by atoms with Crippen molar-refractivity contribution in [1.29, 1.82) is 0 Å². The van der Waals surface area contributed by atoms with Crippen molar-refractivity contribution in [3.63, 3.8) is 0 Å². The summed E-state index contributed by atoms with van der Waals surface area (Å²) in [5.41, 5.74) is 0.601. The second kappa shape index (κ2) is 3.42. The van der Waals surface area contributed by atoms with Gasteiger partial charge in [-0.25, -0.2) is 0 Å². The van der Waals surface area contributed by atoms with Gasteiger partial charge in [-0.3, -0.25) is 0 Å². The highest BCUT2D eigenvalue weighted by Crippen LogP contribution is 2.46. The van der Waals surface area contributed by atoms with E-state index in [0.29, 0.717) is 5.41 Å². The molecular formula is C11H20. The lowest BCUT2D eigenvalue weighted by molar-refractivity contribution is 0.114. The highest BCUT2D eigenvalue weighted by molar-refractivity contribution is 5.01. The molecule has 1 unspecified atom stereocenters. The predicted octanol–water partition coefficient (Wildman–Crippen LogP) is 3.78. The van der Waals surface area contributed by atoms with Crippen LogP contribution < -0.4 is 0 Å². The summed E-state index contributed by atoms with van der Waals surface area (Å²) >= 11 is 0. The maximum atomic E-state index is 2.42. The normalized spacial score (nSPS) is 28.8. The highest BCUT2D eigenvalue weighted by Gasteiger charge is 2.35. The quantitative estimate of drug-likeness (QED) is 0.540. The molecule has 0 aromatic rings. The average Bonchev–Trinajstić information content (AvgIpc) is 1.96. The van der Waals surface area contributed by atoms with Gasteiger partial charge in [0.1, 0.15) is 0 Å². The van der Waals surface area contributed by atoms with E-state index in [1.54, 1.807) is 0 Å². The molecular weight excluding hydrogens is 132 g/mol. The molecule has 1 rings (SSSR count). The van der Waals surface area contributed by atoms with Gasteiger partial charge in [0.25, 0.3) is 0 Å². The van der Waals surface area contributed by atoms with Gasteiger partial charge >= 0.3 is 0 Å². The summed E-state index contributed by atoms with van der Waals surface area (Å²) in [6, 6.07) is 0. The molecule has 1 fully saturated rings. The maximum absolute atomic E-state index is 2.42. The summed E-state index contributed by atoms with van der Waals surface area (Å²) in [6.45, 7) is 6.98. The molecule has 1 aliphatic carbocycles. The SMILES string of the molecule is CCCC=CC1CCC1(C)C. The van der Waals surface area contributed by atoms with Crippen molar-refractivity contribution in [1.82, 2.24) is 0 Å². The molecule has 1 atom stereocenters. The van der Waals surface area contributed by atoms with Crippen LogP contribution in [-0.4, -0.2) is 0 Å². The van der Waals surface area contributed by atoms with Gasteiger partial charge in [0.2, 0.25) is 0 Å². The fourth-order valence-corrected chi connectivity index (χ4v) is 1.67. The number of unbranched alkanes of at least 4 members (excludes halogenated alkanes) is 1. The predicted molar refractivity (Wildman–Crippen MR) is 50.6 cm³/mol. The van der Waals surface area contributed by atoms with Crippen molar-refractivity contribution in [2.45, 2.75) is 46.5 Å². The van der Waals surface area contributed by atoms with Crippen LogP contribution in [-0.2, 0) is 0 Å². The number of allylic oxidation sites excluding steroid dienone is 2. The second-order valence-electron chi connectivity index (χ2n) is 4.35. The van der Waals surface area contributed by atoms with Crippen molar-refractivity contribution in [3.8, 4) is 0 Å². The smallest absolute Gasteiger partial charge is 0.0182 e. The van der Waals surface area contributed by atoms with E-state index < -0.39 is 0 Å². The third-order valence-electron chi connectivity index (χ3n) is 2.93. The molecule has 0 aromatic heterocycles. The van der Waals surface area contributed by atoms with E-state index in [-0.39, 0.29) is 0 Å². The fourth-order valence-electron chi connectivity index (χ4n) is 1.67. The van der Waals surface area contributed by atoms with E-state index in [1.807, 2.05) is 0 Å². The zero-order valence-corrected chi connectivity index (χ0v) is 8.06. The van der Waals surface area contributed by atoms with Crippen LogP contribution in [0.1, 0.15) is 46.5 Å². The molecule has 0 saturated heterocycles. The van der Waals surface area contributed by atoms with Gasteiger partial charge in [0.15, 0.2) is 0 Å². The molecule has 1 saturated carbocycles. The van der Waals surface area contributed by atoms with E-state index in [4.69, 9.17) is 0 Å². The van der Waals surface area contributed by atoms with E-state index in [1.165, 1.54) is 25.7 Å². The van der Waals surface area contributed by atoms with Gasteiger partial charge in [0.05, 0.1) is 0 Å². The molecule has 64 valence electrons. The molecule has 1 aliphatic rings. The van der Waals surface area contributed by atoms with Crippen LogP contribution >= 0.6 is 0 Å². The van der Waals surface area contributed by atoms with Crippen LogP contribution in [0.2, 0.25) is 0 Å². The minimum Gasteiger partial charge on any atom is -0.0883 e. The maximum Gasteiger partial charge on any atom is -0.0182 e. The van der Waals surface area contributed by atoms with Crippen molar-refractivity contribution < 1.29 is 0 Å². The Bertz CT molecular complexity index is 142. The summed E-state index contributed by atoms with van der Waals surface area (Å²) in [7, 11) is 0. The van der Waals surface area contributed by atoms with Crippen LogP contribution in [0.5, 0.6) is 0 Å². The lowest BCUT2D eigenvalue weighted by Crippen LogP contribution is -2.32. The molecule has 0 N–H and O–H groups in total. The molecule has 0 amide bonds. The minimum atomic E-state index is 0.601. The van der Waals surface area contributed by atoms with Gasteiger partial charge in [-0.15, -0.1) is 0 Å². The molecule has 0 aromatic carbocycles. The van der Waals surface area contributed by atoms with Crippen molar-refractivity contribution >= 4 is 0 Å². The molecule has 0 aliphatic heterocycles. The monoisotopic (exact) mass is 152 g/mol. The van der Waals surface area contributed by atoms with Crippen molar-refractivity contribution in [3.05, 3.63) is 12.2 Å². The zero-order chi connectivity index (χ0) is 8.32. The summed E-state index contributed by atoms with van der Waals surface area (Å²) < 4.78 is 0. The Balaban J connectivity index is 2.27. The Morgan fingerprint density at radius 3 is 2.55 bits per heavy atom. The Hall–Kier alpha value is -0.260. The van der Waals surface area contributed by atoms with E-state index >= 15 is 0 Å². The van der Waals surface area contributed by atoms with Crippen LogP contribution in [0.15, 0.2) is 12.2 Å². The summed E-state index contributed by atoms with van der Waals surface area (Å²) in [4.78, 5) is 0. The molecule has 0 heterocycles. The van der Waals surface area contributed by atoms with Crippen molar-refractivity contribution in [2.75, 3.05) is 0 Å². The lowest BCUT2D eigenvalue weighted by atomic mass is 9.62. The topological polar surface area (TPSA) is 0 Å². The van der Waals surface area contributed by atoms with Gasteiger partial charge in [-0.1, -0.05) is 39.3 Å². The first kappa shape index (κ1) is 8.83. The van der Waals surface area contributed by atoms with E-state index in [2.05, 4.69) is 32.9 Å². The first-order valence-electron chi connectivity index (χ1n) is 4.83. The first-order chi connectivity index (χ1) is 5.17. The van der Waals surface area contributed by atoms with Crippen LogP contribution in [0, 0.1) is 11.3 Å². The largest absolute Gasteiger partial charge is 0.0883 e. The first-order valence-corrected chi connectivity index (χ1v) is 4.83. The molecule has 11 heavy (non-hydrogen) atoms. The fraction of sp³-hybridized carbons (Fsp3) is 0.818. The van der Waals surface area contributed by atoms with Gasteiger partial charge in [-0.2, -0.15) is 0 Å². The molecule has 0 radical (unpaired) electrons. The zero-order valence-electron chi connectivity index (χ0n) is 8.06. The van der Waals surface area contributed by atoms with Crippen LogP contribution in [0.25, 0.3) is 0 Å². The molecule has 0 heteroatoms. The molecule has 0 nitrogen and oxygen atoms in total. The summed E-state index contributed by atoms with van der Waals surface area (Å²) in [5, 5.41) is 0. The van der Waals surface area contributed by atoms with Gasteiger partial charge in [-0.05, 0) is 30.6 Å². The summed E-state index contributed by atoms with van der Waals surface area (Å²) in [6.07, 6.45) is 10.1. The van der Waals surface area contributed by atoms with Crippen molar-refractivity contribution in [2.24, 2.45) is 11.3 Å². The number of hydrogen-bond acceptors (Lipinski definition) is 0. The Kier molecular flexibility index (Phi) is 2.75. The van der Waals surface area contributed by atoms with Gasteiger partial charge in [0, 0.05) is 0 Å². The highest BCUT2D eigenvalue weighted by atomic mass is 14.4. The third-order valence-corrected chi connectivity index (χ3v) is 2.93. The Morgan fingerprint density at radius 2 is 2.18 bits per heavy atom. The molecule has 0 spiro atoms. The standard InChI is InChI=1S/C11H20/c1-4-5-6-7-10-8-9-11(10,2)3/h6-7,10H,4-5,8-9H2,1-3H3. The molecule has 0 bridgehead atoms. The second-order valence-corrected chi connectivity index (χ2v) is 4.35. The van der Waals surface area contributed by atoms with Crippen LogP contribution in [0.4, 0.5) is 0 Å². The summed E-state index contributed by atoms with van der Waals surface area (Å²) in [5.74, 6) is 0.869. The Morgan fingerprint density at radius 1 is 1.45 bits per heavy atom. The van der Waals surface area contributed by atoms with Gasteiger partial charge < -0.3 is 0 Å².